The molecule has 1 aliphatic carbocycles. The maximum atomic E-state index is 12.4. The number of Topliss-reactive ketones (excluding diaryl/α,β-unsaturated/α-hetero) is 1. The van der Waals surface area contributed by atoms with E-state index in [1.165, 1.54) is 17.5 Å². The molecule has 3 rings (SSSR count). The number of hydrogen-bond acceptors (Lipinski definition) is 4. The van der Waals surface area contributed by atoms with Gasteiger partial charge < -0.3 is 15.4 Å². The molecule has 2 aliphatic rings. The second-order valence-corrected chi connectivity index (χ2v) is 7.72. The molecule has 1 aromatic carbocycles. The molecule has 0 spiro atoms. The summed E-state index contributed by atoms with van der Waals surface area (Å²) in [5.74, 6) is 0.0110. The standard InChI is InChI=1S/C21H30N2O3.ClH/c1-26-15-21(9-11-22-12-10-21)14-23-20(25)8-7-19(24)18-6-5-16-3-2-4-17(16)13-18;/h5-6,13,22H,2-4,7-12,14-15H2,1H3,(H,23,25);1H. The molecule has 1 heterocycles. The molecule has 0 unspecified atom stereocenters. The van der Waals surface area contributed by atoms with E-state index in [1.807, 2.05) is 12.1 Å². The maximum absolute atomic E-state index is 12.4. The van der Waals surface area contributed by atoms with E-state index in [0.29, 0.717) is 13.2 Å². The molecule has 5 nitrogen and oxygen atoms in total. The Morgan fingerprint density at radius 2 is 1.89 bits per heavy atom. The molecule has 1 aliphatic heterocycles. The van der Waals surface area contributed by atoms with Gasteiger partial charge in [-0.1, -0.05) is 12.1 Å². The smallest absolute Gasteiger partial charge is 0.220 e. The van der Waals surface area contributed by atoms with E-state index in [-0.39, 0.29) is 42.4 Å². The van der Waals surface area contributed by atoms with Crippen molar-refractivity contribution in [1.82, 2.24) is 10.6 Å². The highest BCUT2D eigenvalue weighted by molar-refractivity contribution is 5.98. The zero-order valence-electron chi connectivity index (χ0n) is 16.1. The zero-order valence-corrected chi connectivity index (χ0v) is 17.0. The summed E-state index contributed by atoms with van der Waals surface area (Å²) >= 11 is 0. The Kier molecular flexibility index (Phi) is 8.27. The van der Waals surface area contributed by atoms with Gasteiger partial charge in [0.2, 0.25) is 5.91 Å². The minimum atomic E-state index is -0.0477. The second-order valence-electron chi connectivity index (χ2n) is 7.72. The third kappa shape index (κ3) is 5.77. The summed E-state index contributed by atoms with van der Waals surface area (Å²) in [5, 5.41) is 6.38. The number of ether oxygens (including phenoxy) is 1. The highest BCUT2D eigenvalue weighted by Gasteiger charge is 2.32. The first kappa shape index (κ1) is 21.9. The number of rotatable bonds is 8. The SMILES string of the molecule is COCC1(CNC(=O)CCC(=O)c2ccc3c(c2)CCC3)CCNCC1.Cl. The normalized spacial score (nSPS) is 17.7. The van der Waals surface area contributed by atoms with Crippen LogP contribution in [-0.2, 0) is 22.4 Å². The number of amides is 1. The molecule has 1 amide bonds. The van der Waals surface area contributed by atoms with Crippen molar-refractivity contribution in [3.8, 4) is 0 Å². The van der Waals surface area contributed by atoms with Crippen LogP contribution in [0.3, 0.4) is 0 Å². The molecule has 150 valence electrons. The fourth-order valence-corrected chi connectivity index (χ4v) is 4.13. The lowest BCUT2D eigenvalue weighted by Crippen LogP contribution is -2.47. The molecular weight excluding hydrogens is 364 g/mol. The Labute approximate surface area is 168 Å². The summed E-state index contributed by atoms with van der Waals surface area (Å²) < 4.78 is 5.38. The Morgan fingerprint density at radius 3 is 2.63 bits per heavy atom. The lowest BCUT2D eigenvalue weighted by Gasteiger charge is -2.37. The van der Waals surface area contributed by atoms with Gasteiger partial charge in [-0.15, -0.1) is 12.4 Å². The highest BCUT2D eigenvalue weighted by Crippen LogP contribution is 2.28. The number of halogens is 1. The molecule has 0 bridgehead atoms. The van der Waals surface area contributed by atoms with E-state index in [0.717, 1.165) is 44.3 Å². The number of benzene rings is 1. The Hall–Kier alpha value is -1.43. The Bertz CT molecular complexity index is 651. The van der Waals surface area contributed by atoms with Crippen LogP contribution in [-0.4, -0.2) is 45.0 Å². The predicted octanol–water partition coefficient (Wildman–Crippen LogP) is 2.69. The maximum Gasteiger partial charge on any atom is 0.220 e. The van der Waals surface area contributed by atoms with Crippen molar-refractivity contribution in [1.29, 1.82) is 0 Å². The van der Waals surface area contributed by atoms with Gasteiger partial charge in [0.05, 0.1) is 6.61 Å². The largest absolute Gasteiger partial charge is 0.384 e. The number of piperidine rings is 1. The molecule has 6 heteroatoms. The van der Waals surface area contributed by atoms with Gasteiger partial charge in [-0.3, -0.25) is 9.59 Å². The van der Waals surface area contributed by atoms with Crippen LogP contribution in [0, 0.1) is 5.41 Å². The van der Waals surface area contributed by atoms with Crippen LogP contribution < -0.4 is 10.6 Å². The van der Waals surface area contributed by atoms with E-state index >= 15 is 0 Å². The van der Waals surface area contributed by atoms with Gasteiger partial charge in [-0.25, -0.2) is 0 Å². The molecule has 1 saturated heterocycles. The summed E-state index contributed by atoms with van der Waals surface area (Å²) in [5.41, 5.74) is 3.42. The van der Waals surface area contributed by atoms with Crippen molar-refractivity contribution in [3.63, 3.8) is 0 Å². The fraction of sp³-hybridized carbons (Fsp3) is 0.619. The van der Waals surface area contributed by atoms with E-state index in [2.05, 4.69) is 16.7 Å². The number of fused-ring (bicyclic) bond motifs is 1. The van der Waals surface area contributed by atoms with Crippen molar-refractivity contribution in [2.45, 2.75) is 44.9 Å². The Balaban J connectivity index is 0.00000261. The lowest BCUT2D eigenvalue weighted by atomic mass is 9.79. The average molecular weight is 395 g/mol. The van der Waals surface area contributed by atoms with Crippen molar-refractivity contribution in [2.75, 3.05) is 33.4 Å². The van der Waals surface area contributed by atoms with Crippen LogP contribution in [0.5, 0.6) is 0 Å². The quantitative estimate of drug-likeness (QED) is 0.665. The van der Waals surface area contributed by atoms with E-state index in [4.69, 9.17) is 4.74 Å². The minimum absolute atomic E-state index is 0. The van der Waals surface area contributed by atoms with Crippen molar-refractivity contribution in [2.24, 2.45) is 5.41 Å². The molecule has 1 aromatic rings. The number of nitrogens with one attached hydrogen (secondary N) is 2. The molecule has 2 N–H and O–H groups in total. The van der Waals surface area contributed by atoms with Gasteiger partial charge in [0.25, 0.3) is 0 Å². The summed E-state index contributed by atoms with van der Waals surface area (Å²) in [6.07, 6.45) is 5.86. The van der Waals surface area contributed by atoms with E-state index < -0.39 is 0 Å². The number of methoxy groups -OCH3 is 1. The van der Waals surface area contributed by atoms with E-state index in [9.17, 15) is 9.59 Å². The lowest BCUT2D eigenvalue weighted by molar-refractivity contribution is -0.122. The van der Waals surface area contributed by atoms with Crippen LogP contribution in [0.4, 0.5) is 0 Å². The van der Waals surface area contributed by atoms with Gasteiger partial charge in [-0.2, -0.15) is 0 Å². The summed E-state index contributed by atoms with van der Waals surface area (Å²) in [4.78, 5) is 24.6. The van der Waals surface area contributed by atoms with E-state index in [1.54, 1.807) is 7.11 Å². The third-order valence-corrected chi connectivity index (χ3v) is 5.77. The van der Waals surface area contributed by atoms with Crippen LogP contribution >= 0.6 is 12.4 Å². The average Bonchev–Trinajstić information content (AvgIpc) is 3.13. The number of ketones is 1. The topological polar surface area (TPSA) is 67.4 Å². The van der Waals surface area contributed by atoms with Crippen LogP contribution in [0.2, 0.25) is 0 Å². The number of carbonyl (C=O) groups is 2. The molecule has 1 fully saturated rings. The first-order valence-corrected chi connectivity index (χ1v) is 9.73. The predicted molar refractivity (Wildman–Crippen MR) is 109 cm³/mol. The van der Waals surface area contributed by atoms with Gasteiger partial charge in [0, 0.05) is 37.5 Å². The Morgan fingerprint density at radius 1 is 1.15 bits per heavy atom. The summed E-state index contributed by atoms with van der Waals surface area (Å²) in [6, 6.07) is 6.00. The fourth-order valence-electron chi connectivity index (χ4n) is 4.13. The summed E-state index contributed by atoms with van der Waals surface area (Å²) in [7, 11) is 1.71. The van der Waals surface area contributed by atoms with Gasteiger partial charge in [-0.05, 0) is 62.4 Å². The molecular formula is C21H31ClN2O3. The molecule has 0 radical (unpaired) electrons. The second kappa shape index (κ2) is 10.2. The van der Waals surface area contributed by atoms with Gasteiger partial charge >= 0.3 is 0 Å². The zero-order chi connectivity index (χ0) is 18.4. The first-order chi connectivity index (χ1) is 12.6. The molecule has 0 saturated carbocycles. The number of carbonyl (C=O) groups excluding carboxylic acids is 2. The van der Waals surface area contributed by atoms with Crippen LogP contribution in [0.25, 0.3) is 0 Å². The number of aryl methyl sites for hydroxylation is 2. The molecule has 0 atom stereocenters. The monoisotopic (exact) mass is 394 g/mol. The minimum Gasteiger partial charge on any atom is -0.384 e. The highest BCUT2D eigenvalue weighted by atomic mass is 35.5. The first-order valence-electron chi connectivity index (χ1n) is 9.73. The van der Waals surface area contributed by atoms with Crippen LogP contribution in [0.15, 0.2) is 18.2 Å². The van der Waals surface area contributed by atoms with Crippen molar-refractivity contribution < 1.29 is 14.3 Å². The summed E-state index contributed by atoms with van der Waals surface area (Å²) in [6.45, 7) is 3.18. The molecule has 27 heavy (non-hydrogen) atoms. The number of hydrogen-bond donors (Lipinski definition) is 2. The van der Waals surface area contributed by atoms with Gasteiger partial charge in [0.1, 0.15) is 0 Å². The van der Waals surface area contributed by atoms with Crippen LogP contribution in [0.1, 0.15) is 53.6 Å². The molecule has 0 aromatic heterocycles. The van der Waals surface area contributed by atoms with Crippen molar-refractivity contribution >= 4 is 24.1 Å². The van der Waals surface area contributed by atoms with Crippen molar-refractivity contribution in [3.05, 3.63) is 34.9 Å². The third-order valence-electron chi connectivity index (χ3n) is 5.77. The van der Waals surface area contributed by atoms with Gasteiger partial charge in [0.15, 0.2) is 5.78 Å².